The fourth-order valence-corrected chi connectivity index (χ4v) is 6.36. The van der Waals surface area contributed by atoms with Gasteiger partial charge in [0, 0.05) is 45.1 Å². The highest BCUT2D eigenvalue weighted by atomic mass is 16.5. The molecule has 0 saturated heterocycles. The van der Waals surface area contributed by atoms with E-state index in [9.17, 15) is 0 Å². The van der Waals surface area contributed by atoms with E-state index >= 15 is 0 Å². The molecule has 0 bridgehead atoms. The van der Waals surface area contributed by atoms with Crippen molar-refractivity contribution >= 4 is 43.6 Å². The van der Waals surface area contributed by atoms with Gasteiger partial charge in [0.05, 0.1) is 36.3 Å². The van der Waals surface area contributed by atoms with E-state index in [0.717, 1.165) is 22.9 Å². The standard InChI is InChI=1S/C38H28N2O2/c1-41-29-11-7-9-27(23-29)39-35-15-5-3-13-31(35)33-21-25(17-19-37(33)39)26-18-20-38-34(22-26)32-14-4-6-16-36(32)40(38)28-10-8-12-30(24-28)42-2/h3-24H,1-2H3. The predicted octanol–water partition coefficient (Wildman–Crippen LogP) is 9.56. The Labute approximate surface area is 243 Å². The molecule has 0 fully saturated rings. The molecule has 0 radical (unpaired) electrons. The van der Waals surface area contributed by atoms with Crippen molar-refractivity contribution in [1.82, 2.24) is 9.13 Å². The van der Waals surface area contributed by atoms with Crippen LogP contribution in [0.4, 0.5) is 0 Å². The molecule has 0 atom stereocenters. The zero-order valence-electron chi connectivity index (χ0n) is 23.4. The van der Waals surface area contributed by atoms with E-state index in [1.165, 1.54) is 54.7 Å². The molecule has 0 N–H and O–H groups in total. The van der Waals surface area contributed by atoms with Gasteiger partial charge in [0.2, 0.25) is 0 Å². The topological polar surface area (TPSA) is 28.3 Å². The summed E-state index contributed by atoms with van der Waals surface area (Å²) < 4.78 is 15.7. The number of rotatable bonds is 5. The Balaban J connectivity index is 1.33. The molecule has 0 aliphatic rings. The van der Waals surface area contributed by atoms with Gasteiger partial charge in [0.25, 0.3) is 0 Å². The zero-order valence-corrected chi connectivity index (χ0v) is 23.4. The first-order valence-electron chi connectivity index (χ1n) is 14.1. The van der Waals surface area contributed by atoms with Gasteiger partial charge in [-0.3, -0.25) is 0 Å². The average Bonchev–Trinajstić information content (AvgIpc) is 3.57. The summed E-state index contributed by atoms with van der Waals surface area (Å²) in [5.74, 6) is 1.69. The van der Waals surface area contributed by atoms with Crippen LogP contribution in [0.15, 0.2) is 133 Å². The first-order valence-corrected chi connectivity index (χ1v) is 14.1. The summed E-state index contributed by atoms with van der Waals surface area (Å²) in [7, 11) is 3.42. The third-order valence-corrected chi connectivity index (χ3v) is 8.30. The number of nitrogens with zero attached hydrogens (tertiary/aromatic N) is 2. The van der Waals surface area contributed by atoms with Crippen LogP contribution in [0.5, 0.6) is 11.5 Å². The average molecular weight is 545 g/mol. The maximum atomic E-state index is 5.54. The largest absolute Gasteiger partial charge is 0.497 e. The lowest BCUT2D eigenvalue weighted by atomic mass is 10.0. The van der Waals surface area contributed by atoms with Crippen molar-refractivity contribution in [2.75, 3.05) is 14.2 Å². The minimum atomic E-state index is 0.844. The lowest BCUT2D eigenvalue weighted by molar-refractivity contribution is 0.414. The van der Waals surface area contributed by atoms with E-state index < -0.39 is 0 Å². The van der Waals surface area contributed by atoms with Gasteiger partial charge in [-0.2, -0.15) is 0 Å². The Morgan fingerprint density at radius 2 is 0.810 bits per heavy atom. The second-order valence-corrected chi connectivity index (χ2v) is 10.6. The smallest absolute Gasteiger partial charge is 0.120 e. The minimum absolute atomic E-state index is 0.844. The van der Waals surface area contributed by atoms with Gasteiger partial charge in [-0.15, -0.1) is 0 Å². The molecule has 2 aromatic heterocycles. The number of methoxy groups -OCH3 is 2. The van der Waals surface area contributed by atoms with Crippen molar-refractivity contribution in [1.29, 1.82) is 0 Å². The molecule has 6 aromatic carbocycles. The molecule has 0 amide bonds. The lowest BCUT2D eigenvalue weighted by Gasteiger charge is -2.10. The van der Waals surface area contributed by atoms with E-state index in [0.29, 0.717) is 0 Å². The van der Waals surface area contributed by atoms with Crippen LogP contribution in [0.3, 0.4) is 0 Å². The Morgan fingerprint density at radius 1 is 0.381 bits per heavy atom. The van der Waals surface area contributed by atoms with Crippen LogP contribution in [-0.4, -0.2) is 23.4 Å². The number of para-hydroxylation sites is 2. The second-order valence-electron chi connectivity index (χ2n) is 10.6. The third-order valence-electron chi connectivity index (χ3n) is 8.30. The zero-order chi connectivity index (χ0) is 28.2. The number of hydrogen-bond acceptors (Lipinski definition) is 2. The molecular formula is C38H28N2O2. The summed E-state index contributed by atoms with van der Waals surface area (Å²) in [4.78, 5) is 0. The number of hydrogen-bond donors (Lipinski definition) is 0. The van der Waals surface area contributed by atoms with Crippen LogP contribution < -0.4 is 9.47 Å². The normalized spacial score (nSPS) is 11.6. The van der Waals surface area contributed by atoms with Crippen molar-refractivity contribution in [2.45, 2.75) is 0 Å². The summed E-state index contributed by atoms with van der Waals surface area (Å²) in [5, 5.41) is 4.91. The monoisotopic (exact) mass is 544 g/mol. The van der Waals surface area contributed by atoms with Crippen molar-refractivity contribution in [3.8, 4) is 34.0 Å². The van der Waals surface area contributed by atoms with E-state index in [-0.39, 0.29) is 0 Å². The summed E-state index contributed by atoms with van der Waals surface area (Å²) >= 11 is 0. The molecule has 4 heteroatoms. The molecule has 42 heavy (non-hydrogen) atoms. The molecule has 0 spiro atoms. The van der Waals surface area contributed by atoms with Crippen LogP contribution in [0.2, 0.25) is 0 Å². The minimum Gasteiger partial charge on any atom is -0.497 e. The van der Waals surface area contributed by atoms with Crippen LogP contribution in [0.1, 0.15) is 0 Å². The van der Waals surface area contributed by atoms with Gasteiger partial charge in [0.15, 0.2) is 0 Å². The molecular weight excluding hydrogens is 516 g/mol. The molecule has 0 aliphatic heterocycles. The Bertz CT molecular complexity index is 2130. The van der Waals surface area contributed by atoms with Gasteiger partial charge < -0.3 is 18.6 Å². The summed E-state index contributed by atoms with van der Waals surface area (Å²) in [6.45, 7) is 0. The Morgan fingerprint density at radius 3 is 1.26 bits per heavy atom. The second kappa shape index (κ2) is 9.57. The van der Waals surface area contributed by atoms with E-state index in [4.69, 9.17) is 9.47 Å². The third kappa shape index (κ3) is 3.69. The van der Waals surface area contributed by atoms with Crippen molar-refractivity contribution < 1.29 is 9.47 Å². The summed E-state index contributed by atoms with van der Waals surface area (Å²) in [6.07, 6.45) is 0. The van der Waals surface area contributed by atoms with Crippen molar-refractivity contribution in [2.24, 2.45) is 0 Å². The highest BCUT2D eigenvalue weighted by Gasteiger charge is 2.16. The fraction of sp³-hybridized carbons (Fsp3) is 0.0526. The first kappa shape index (κ1) is 24.3. The van der Waals surface area contributed by atoms with Gasteiger partial charge in [0.1, 0.15) is 11.5 Å². The van der Waals surface area contributed by atoms with E-state index in [2.05, 4.69) is 118 Å². The number of ether oxygens (including phenoxy) is 2. The fourth-order valence-electron chi connectivity index (χ4n) is 6.36. The van der Waals surface area contributed by atoms with Crippen molar-refractivity contribution in [3.63, 3.8) is 0 Å². The van der Waals surface area contributed by atoms with Crippen LogP contribution >= 0.6 is 0 Å². The SMILES string of the molecule is COc1cccc(-n2c3ccccc3c3cc(-c4ccc5c(c4)c4ccccc4n5-c4cccc(OC)c4)ccc32)c1. The molecule has 202 valence electrons. The Hall–Kier alpha value is -5.48. The molecule has 0 unspecified atom stereocenters. The maximum absolute atomic E-state index is 5.54. The van der Waals surface area contributed by atoms with Crippen LogP contribution in [-0.2, 0) is 0 Å². The van der Waals surface area contributed by atoms with Crippen LogP contribution in [0.25, 0.3) is 66.1 Å². The molecule has 2 heterocycles. The highest BCUT2D eigenvalue weighted by Crippen LogP contribution is 2.38. The van der Waals surface area contributed by atoms with E-state index in [1.807, 2.05) is 24.3 Å². The molecule has 4 nitrogen and oxygen atoms in total. The number of fused-ring (bicyclic) bond motifs is 6. The lowest BCUT2D eigenvalue weighted by Crippen LogP contribution is -1.95. The summed E-state index contributed by atoms with van der Waals surface area (Å²) in [5.41, 5.74) is 9.24. The van der Waals surface area contributed by atoms with Gasteiger partial charge >= 0.3 is 0 Å². The van der Waals surface area contributed by atoms with Gasteiger partial charge in [-0.25, -0.2) is 0 Å². The molecule has 8 aromatic rings. The molecule has 0 saturated carbocycles. The van der Waals surface area contributed by atoms with Gasteiger partial charge in [-0.1, -0.05) is 60.7 Å². The maximum Gasteiger partial charge on any atom is 0.120 e. The summed E-state index contributed by atoms with van der Waals surface area (Å²) in [6, 6.07) is 47.3. The molecule has 8 rings (SSSR count). The van der Waals surface area contributed by atoms with E-state index in [1.54, 1.807) is 14.2 Å². The quantitative estimate of drug-likeness (QED) is 0.216. The van der Waals surface area contributed by atoms with Crippen LogP contribution in [0, 0.1) is 0 Å². The molecule has 0 aliphatic carbocycles. The number of aromatic nitrogens is 2. The first-order chi connectivity index (χ1) is 20.7. The highest BCUT2D eigenvalue weighted by molar-refractivity contribution is 6.12. The van der Waals surface area contributed by atoms with Crippen molar-refractivity contribution in [3.05, 3.63) is 133 Å². The predicted molar refractivity (Wildman–Crippen MR) is 174 cm³/mol. The van der Waals surface area contributed by atoms with Gasteiger partial charge in [-0.05, 0) is 71.8 Å². The number of benzene rings is 6. The Kier molecular flexibility index (Phi) is 5.54.